The second-order valence-corrected chi connectivity index (χ2v) is 6.88. The second kappa shape index (κ2) is 6.81. The Balaban J connectivity index is 1.90. The number of fused-ring (bicyclic) bond motifs is 1. The summed E-state index contributed by atoms with van der Waals surface area (Å²) in [6.07, 6.45) is 0. The van der Waals surface area contributed by atoms with Crippen LogP contribution in [0.2, 0.25) is 0 Å². The number of hydrogen-bond donors (Lipinski definition) is 0. The van der Waals surface area contributed by atoms with Crippen LogP contribution in [-0.4, -0.2) is 17.3 Å². The first kappa shape index (κ1) is 16.6. The molecule has 0 fully saturated rings. The van der Waals surface area contributed by atoms with Crippen molar-refractivity contribution in [3.05, 3.63) is 100 Å². The number of carbonyl (C=O) groups excluding carboxylic acids is 2. The summed E-state index contributed by atoms with van der Waals surface area (Å²) in [5, 5.41) is 0. The molecular formula is C22H14BrNO2. The zero-order valence-electron chi connectivity index (χ0n) is 13.7. The molecule has 0 saturated carbocycles. The first-order valence-corrected chi connectivity index (χ1v) is 9.02. The van der Waals surface area contributed by atoms with Crippen LogP contribution < -0.4 is 0 Å². The molecule has 4 rings (SSSR count). The number of aliphatic imine (C=N–C) groups is 1. The van der Waals surface area contributed by atoms with Gasteiger partial charge in [-0.1, -0.05) is 66.7 Å². The molecule has 3 aromatic carbocycles. The van der Waals surface area contributed by atoms with Crippen LogP contribution in [0, 0.1) is 5.92 Å². The molecule has 0 radical (unpaired) electrons. The fourth-order valence-electron chi connectivity index (χ4n) is 3.17. The highest BCUT2D eigenvalue weighted by atomic mass is 79.9. The van der Waals surface area contributed by atoms with Gasteiger partial charge in [-0.15, -0.1) is 0 Å². The lowest BCUT2D eigenvalue weighted by molar-refractivity contribution is 0.0884. The molecule has 0 unspecified atom stereocenters. The lowest BCUT2D eigenvalue weighted by Gasteiger charge is -2.13. The lowest BCUT2D eigenvalue weighted by atomic mass is 9.92. The Morgan fingerprint density at radius 1 is 0.731 bits per heavy atom. The molecule has 0 N–H and O–H groups in total. The topological polar surface area (TPSA) is 46.5 Å². The van der Waals surface area contributed by atoms with Crippen LogP contribution in [0.15, 0.2) is 88.3 Å². The third-order valence-electron chi connectivity index (χ3n) is 4.42. The van der Waals surface area contributed by atoms with Gasteiger partial charge in [-0.3, -0.25) is 14.6 Å². The van der Waals surface area contributed by atoms with Crippen molar-refractivity contribution in [1.82, 2.24) is 0 Å². The Kier molecular flexibility index (Phi) is 4.35. The van der Waals surface area contributed by atoms with Crippen molar-refractivity contribution >= 4 is 38.9 Å². The fourth-order valence-corrected chi connectivity index (χ4v) is 3.54. The zero-order valence-corrected chi connectivity index (χ0v) is 15.3. The van der Waals surface area contributed by atoms with E-state index in [-0.39, 0.29) is 11.6 Å². The van der Waals surface area contributed by atoms with Crippen LogP contribution in [-0.2, 0) is 0 Å². The average Bonchev–Trinajstić information content (AvgIpc) is 2.93. The smallest absolute Gasteiger partial charge is 0.180 e. The molecule has 0 atom stereocenters. The van der Waals surface area contributed by atoms with Gasteiger partial charge in [0.1, 0.15) is 5.92 Å². The zero-order chi connectivity index (χ0) is 18.1. The van der Waals surface area contributed by atoms with Gasteiger partial charge < -0.3 is 0 Å². The highest BCUT2D eigenvalue weighted by Crippen LogP contribution is 2.32. The number of carbonyl (C=O) groups is 2. The van der Waals surface area contributed by atoms with E-state index in [1.807, 2.05) is 54.6 Å². The number of nitrogens with zero attached hydrogens (tertiary/aromatic N) is 1. The van der Waals surface area contributed by atoms with Gasteiger partial charge in [0.15, 0.2) is 11.6 Å². The lowest BCUT2D eigenvalue weighted by Crippen LogP contribution is -2.26. The summed E-state index contributed by atoms with van der Waals surface area (Å²) in [6.45, 7) is 0. The van der Waals surface area contributed by atoms with Gasteiger partial charge in [0.05, 0.1) is 11.4 Å². The number of rotatable bonds is 3. The van der Waals surface area contributed by atoms with Crippen LogP contribution in [0.25, 0.3) is 0 Å². The van der Waals surface area contributed by atoms with Crippen LogP contribution in [0.4, 0.5) is 5.69 Å². The molecule has 26 heavy (non-hydrogen) atoms. The Labute approximate surface area is 159 Å². The van der Waals surface area contributed by atoms with E-state index in [2.05, 4.69) is 15.9 Å². The summed E-state index contributed by atoms with van der Waals surface area (Å²) in [5.74, 6) is -1.30. The maximum Gasteiger partial charge on any atom is 0.180 e. The van der Waals surface area contributed by atoms with Crippen molar-refractivity contribution in [2.75, 3.05) is 0 Å². The van der Waals surface area contributed by atoms with E-state index in [1.54, 1.807) is 24.3 Å². The van der Waals surface area contributed by atoms with Crippen molar-refractivity contribution in [2.45, 2.75) is 0 Å². The third kappa shape index (κ3) is 2.82. The summed E-state index contributed by atoms with van der Waals surface area (Å²) >= 11 is 3.49. The highest BCUT2D eigenvalue weighted by molar-refractivity contribution is 9.10. The molecule has 3 nitrogen and oxygen atoms in total. The van der Waals surface area contributed by atoms with E-state index in [9.17, 15) is 9.59 Å². The molecule has 0 aromatic heterocycles. The Morgan fingerprint density at radius 3 is 1.88 bits per heavy atom. The van der Waals surface area contributed by atoms with Gasteiger partial charge in [-0.2, -0.15) is 0 Å². The average molecular weight is 404 g/mol. The van der Waals surface area contributed by atoms with Crippen molar-refractivity contribution in [2.24, 2.45) is 10.9 Å². The largest absolute Gasteiger partial charge is 0.293 e. The minimum atomic E-state index is -0.915. The van der Waals surface area contributed by atoms with Gasteiger partial charge in [0, 0.05) is 15.6 Å². The summed E-state index contributed by atoms with van der Waals surface area (Å²) in [5.41, 5.74) is 2.87. The molecule has 4 heteroatoms. The van der Waals surface area contributed by atoms with E-state index in [4.69, 9.17) is 4.99 Å². The van der Waals surface area contributed by atoms with E-state index < -0.39 is 5.92 Å². The first-order valence-electron chi connectivity index (χ1n) is 8.23. The van der Waals surface area contributed by atoms with Gasteiger partial charge in [0.25, 0.3) is 0 Å². The van der Waals surface area contributed by atoms with Crippen LogP contribution in [0.5, 0.6) is 0 Å². The number of para-hydroxylation sites is 1. The number of ketones is 2. The molecule has 0 spiro atoms. The quantitative estimate of drug-likeness (QED) is 0.441. The summed E-state index contributed by atoms with van der Waals surface area (Å²) < 4.78 is 0.809. The fraction of sp³-hybridized carbons (Fsp3) is 0.0455. The minimum absolute atomic E-state index is 0.194. The SMILES string of the molecule is O=C1c2ccccc2C(=O)C1C(=Nc1ccccc1Br)c1ccccc1. The summed E-state index contributed by atoms with van der Waals surface area (Å²) in [6, 6.07) is 23.9. The standard InChI is InChI=1S/C22H14BrNO2/c23-17-12-6-7-13-18(17)24-20(14-8-2-1-3-9-14)19-21(25)15-10-4-5-11-16(15)22(19)26/h1-13,19H. The predicted molar refractivity (Wildman–Crippen MR) is 105 cm³/mol. The number of halogens is 1. The normalized spacial score (nSPS) is 14.6. The van der Waals surface area contributed by atoms with E-state index in [1.165, 1.54) is 0 Å². The van der Waals surface area contributed by atoms with E-state index in [0.717, 1.165) is 10.0 Å². The molecule has 0 amide bonds. The molecule has 0 heterocycles. The minimum Gasteiger partial charge on any atom is -0.293 e. The van der Waals surface area contributed by atoms with E-state index in [0.29, 0.717) is 22.5 Å². The number of benzene rings is 3. The van der Waals surface area contributed by atoms with Crippen LogP contribution >= 0.6 is 15.9 Å². The van der Waals surface area contributed by atoms with Gasteiger partial charge in [0.2, 0.25) is 0 Å². The second-order valence-electron chi connectivity index (χ2n) is 6.02. The molecule has 126 valence electrons. The highest BCUT2D eigenvalue weighted by Gasteiger charge is 2.42. The van der Waals surface area contributed by atoms with Crippen molar-refractivity contribution in [1.29, 1.82) is 0 Å². The van der Waals surface area contributed by atoms with Crippen molar-refractivity contribution < 1.29 is 9.59 Å². The maximum atomic E-state index is 13.0. The monoisotopic (exact) mass is 403 g/mol. The van der Waals surface area contributed by atoms with Crippen LogP contribution in [0.1, 0.15) is 26.3 Å². The summed E-state index contributed by atoms with van der Waals surface area (Å²) in [4.78, 5) is 30.7. The Bertz CT molecular complexity index is 1010. The summed E-state index contributed by atoms with van der Waals surface area (Å²) in [7, 11) is 0. The molecule has 0 saturated heterocycles. The van der Waals surface area contributed by atoms with Gasteiger partial charge in [-0.05, 0) is 33.6 Å². The first-order chi connectivity index (χ1) is 12.7. The van der Waals surface area contributed by atoms with Crippen LogP contribution in [0.3, 0.4) is 0 Å². The molecule has 0 aliphatic heterocycles. The Hall–Kier alpha value is -2.85. The van der Waals surface area contributed by atoms with E-state index >= 15 is 0 Å². The molecule has 1 aliphatic carbocycles. The molecule has 3 aromatic rings. The maximum absolute atomic E-state index is 13.0. The van der Waals surface area contributed by atoms with Gasteiger partial charge in [-0.25, -0.2) is 0 Å². The Morgan fingerprint density at radius 2 is 1.27 bits per heavy atom. The number of hydrogen-bond acceptors (Lipinski definition) is 3. The molecule has 1 aliphatic rings. The van der Waals surface area contributed by atoms with Crippen molar-refractivity contribution in [3.8, 4) is 0 Å². The predicted octanol–water partition coefficient (Wildman–Crippen LogP) is 5.27. The van der Waals surface area contributed by atoms with Crippen molar-refractivity contribution in [3.63, 3.8) is 0 Å². The number of Topliss-reactive ketones (excluding diaryl/α,β-unsaturated/α-hetero) is 2. The molecule has 0 bridgehead atoms. The molecular weight excluding hydrogens is 390 g/mol. The van der Waals surface area contributed by atoms with Gasteiger partial charge >= 0.3 is 0 Å². The third-order valence-corrected chi connectivity index (χ3v) is 5.09.